The topological polar surface area (TPSA) is 94.2 Å². The van der Waals surface area contributed by atoms with Crippen molar-refractivity contribution in [2.75, 3.05) is 23.4 Å². The van der Waals surface area contributed by atoms with Crippen molar-refractivity contribution in [3.63, 3.8) is 0 Å². The number of para-hydroxylation sites is 4. The second-order valence-corrected chi connectivity index (χ2v) is 7.23. The van der Waals surface area contributed by atoms with E-state index in [0.717, 1.165) is 0 Å². The van der Waals surface area contributed by atoms with Gasteiger partial charge in [0.25, 0.3) is 5.91 Å². The van der Waals surface area contributed by atoms with E-state index in [0.29, 0.717) is 22.9 Å². The summed E-state index contributed by atoms with van der Waals surface area (Å²) in [6.07, 6.45) is -0.970. The van der Waals surface area contributed by atoms with E-state index in [1.807, 2.05) is 0 Å². The standard InChI is InChI=1S/C21H20N2O6/c1-21(2)20(26)22-13-7-3-4-8-14(13)23(21)18(24)12-28-19(25)17-11-27-15-9-5-6-10-16(15)29-17/h3-10,17H,11-12H2,1-2H3,(H,22,26)/t17-/m1/s1. The number of rotatable bonds is 3. The number of carbonyl (C=O) groups is 3. The van der Waals surface area contributed by atoms with Crippen LogP contribution in [0.4, 0.5) is 11.4 Å². The molecule has 0 saturated heterocycles. The van der Waals surface area contributed by atoms with Gasteiger partial charge in [-0.15, -0.1) is 0 Å². The van der Waals surface area contributed by atoms with E-state index < -0.39 is 30.1 Å². The van der Waals surface area contributed by atoms with E-state index in [4.69, 9.17) is 14.2 Å². The quantitative estimate of drug-likeness (QED) is 0.799. The highest BCUT2D eigenvalue weighted by atomic mass is 16.6. The summed E-state index contributed by atoms with van der Waals surface area (Å²) in [6.45, 7) is 2.73. The first-order valence-corrected chi connectivity index (χ1v) is 9.16. The molecule has 0 spiro atoms. The van der Waals surface area contributed by atoms with Crippen molar-refractivity contribution >= 4 is 29.2 Å². The molecule has 4 rings (SSSR count). The van der Waals surface area contributed by atoms with Crippen molar-refractivity contribution in [1.29, 1.82) is 0 Å². The molecule has 2 aliphatic heterocycles. The van der Waals surface area contributed by atoms with Crippen LogP contribution in [0.25, 0.3) is 0 Å². The molecule has 2 heterocycles. The second-order valence-electron chi connectivity index (χ2n) is 7.23. The van der Waals surface area contributed by atoms with E-state index in [9.17, 15) is 14.4 Å². The summed E-state index contributed by atoms with van der Waals surface area (Å²) < 4.78 is 16.3. The lowest BCUT2D eigenvalue weighted by molar-refractivity contribution is -0.157. The summed E-state index contributed by atoms with van der Waals surface area (Å²) in [5.74, 6) is -0.556. The number of nitrogens with zero attached hydrogens (tertiary/aromatic N) is 1. The van der Waals surface area contributed by atoms with Gasteiger partial charge in [-0.05, 0) is 38.1 Å². The van der Waals surface area contributed by atoms with Crippen molar-refractivity contribution < 1.29 is 28.6 Å². The smallest absolute Gasteiger partial charge is 0.351 e. The Morgan fingerprint density at radius 3 is 2.62 bits per heavy atom. The lowest BCUT2D eigenvalue weighted by Gasteiger charge is -2.41. The Labute approximate surface area is 167 Å². The van der Waals surface area contributed by atoms with Crippen LogP contribution in [0.5, 0.6) is 11.5 Å². The maximum Gasteiger partial charge on any atom is 0.351 e. The Morgan fingerprint density at radius 2 is 1.83 bits per heavy atom. The molecule has 0 aliphatic carbocycles. The van der Waals surface area contributed by atoms with Crippen LogP contribution in [0, 0.1) is 0 Å². The van der Waals surface area contributed by atoms with Crippen molar-refractivity contribution in [3.8, 4) is 11.5 Å². The highest BCUT2D eigenvalue weighted by molar-refractivity contribution is 6.14. The van der Waals surface area contributed by atoms with Gasteiger partial charge >= 0.3 is 5.97 Å². The zero-order valence-electron chi connectivity index (χ0n) is 16.0. The number of amides is 2. The molecule has 0 aromatic heterocycles. The fourth-order valence-electron chi connectivity index (χ4n) is 3.32. The van der Waals surface area contributed by atoms with Crippen LogP contribution < -0.4 is 19.7 Å². The van der Waals surface area contributed by atoms with Crippen molar-refractivity contribution in [2.24, 2.45) is 0 Å². The molecule has 0 radical (unpaired) electrons. The first-order chi connectivity index (χ1) is 13.9. The molecule has 0 unspecified atom stereocenters. The van der Waals surface area contributed by atoms with Crippen LogP contribution in [0.1, 0.15) is 13.8 Å². The summed E-state index contributed by atoms with van der Waals surface area (Å²) in [7, 11) is 0. The third-order valence-electron chi connectivity index (χ3n) is 4.87. The Hall–Kier alpha value is -3.55. The number of carbonyl (C=O) groups excluding carboxylic acids is 3. The highest BCUT2D eigenvalue weighted by Crippen LogP contribution is 2.36. The third-order valence-corrected chi connectivity index (χ3v) is 4.87. The SMILES string of the molecule is CC1(C)C(=O)Nc2ccccc2N1C(=O)COC(=O)[C@H]1COc2ccccc2O1. The number of fused-ring (bicyclic) bond motifs is 2. The molecule has 150 valence electrons. The van der Waals surface area contributed by atoms with E-state index in [-0.39, 0.29) is 12.5 Å². The minimum absolute atomic E-state index is 0.00944. The Bertz CT molecular complexity index is 987. The monoisotopic (exact) mass is 396 g/mol. The summed E-state index contributed by atoms with van der Waals surface area (Å²) in [4.78, 5) is 39.1. The molecule has 0 fully saturated rings. The molecular weight excluding hydrogens is 376 g/mol. The predicted octanol–water partition coefficient (Wildman–Crippen LogP) is 2.13. The molecule has 29 heavy (non-hydrogen) atoms. The molecule has 2 amide bonds. The Morgan fingerprint density at radius 1 is 1.14 bits per heavy atom. The molecule has 0 saturated carbocycles. The highest BCUT2D eigenvalue weighted by Gasteiger charge is 2.44. The van der Waals surface area contributed by atoms with Gasteiger partial charge in [-0.25, -0.2) is 4.79 Å². The van der Waals surface area contributed by atoms with Crippen LogP contribution in [-0.4, -0.2) is 42.6 Å². The average Bonchev–Trinajstić information content (AvgIpc) is 2.72. The van der Waals surface area contributed by atoms with Crippen LogP contribution in [0.15, 0.2) is 48.5 Å². The van der Waals surface area contributed by atoms with Gasteiger partial charge in [-0.3, -0.25) is 14.5 Å². The van der Waals surface area contributed by atoms with E-state index in [1.54, 1.807) is 62.4 Å². The van der Waals surface area contributed by atoms with Gasteiger partial charge in [0, 0.05) is 0 Å². The molecule has 2 aliphatic rings. The van der Waals surface area contributed by atoms with Gasteiger partial charge in [0.15, 0.2) is 18.1 Å². The van der Waals surface area contributed by atoms with Crippen LogP contribution in [0.2, 0.25) is 0 Å². The maximum atomic E-state index is 12.9. The zero-order valence-corrected chi connectivity index (χ0v) is 16.0. The number of ether oxygens (including phenoxy) is 3. The zero-order chi connectivity index (χ0) is 20.6. The number of hydrogen-bond acceptors (Lipinski definition) is 6. The van der Waals surface area contributed by atoms with Crippen molar-refractivity contribution in [3.05, 3.63) is 48.5 Å². The van der Waals surface area contributed by atoms with E-state index >= 15 is 0 Å². The molecule has 1 atom stereocenters. The van der Waals surface area contributed by atoms with Crippen LogP contribution >= 0.6 is 0 Å². The predicted molar refractivity (Wildman–Crippen MR) is 104 cm³/mol. The van der Waals surface area contributed by atoms with Gasteiger partial charge in [-0.2, -0.15) is 0 Å². The van der Waals surface area contributed by atoms with Gasteiger partial charge in [0.2, 0.25) is 12.0 Å². The number of anilines is 2. The first-order valence-electron chi connectivity index (χ1n) is 9.16. The minimum Gasteiger partial charge on any atom is -0.485 e. The fraction of sp³-hybridized carbons (Fsp3) is 0.286. The molecule has 1 N–H and O–H groups in total. The van der Waals surface area contributed by atoms with Crippen LogP contribution in [-0.2, 0) is 19.1 Å². The summed E-state index contributed by atoms with van der Waals surface area (Å²) in [5, 5.41) is 2.78. The molecular formula is C21H20N2O6. The number of esters is 1. The van der Waals surface area contributed by atoms with Crippen LogP contribution in [0.3, 0.4) is 0 Å². The van der Waals surface area contributed by atoms with Crippen molar-refractivity contribution in [1.82, 2.24) is 0 Å². The molecule has 8 heteroatoms. The minimum atomic E-state index is -1.14. The normalized spacial score (nSPS) is 19.0. The van der Waals surface area contributed by atoms with E-state index in [1.165, 1.54) is 4.90 Å². The molecule has 8 nitrogen and oxygen atoms in total. The Kier molecular flexibility index (Phi) is 4.62. The first kappa shape index (κ1) is 18.8. The summed E-state index contributed by atoms with van der Waals surface area (Å²) in [6, 6.07) is 14.0. The average molecular weight is 396 g/mol. The molecule has 2 aromatic carbocycles. The lowest BCUT2D eigenvalue weighted by atomic mass is 9.96. The van der Waals surface area contributed by atoms with Gasteiger partial charge in [0.1, 0.15) is 12.1 Å². The van der Waals surface area contributed by atoms with Gasteiger partial charge in [0.05, 0.1) is 11.4 Å². The largest absolute Gasteiger partial charge is 0.485 e. The molecule has 0 bridgehead atoms. The number of benzene rings is 2. The van der Waals surface area contributed by atoms with Gasteiger partial charge in [-0.1, -0.05) is 24.3 Å². The number of nitrogens with one attached hydrogen (secondary N) is 1. The van der Waals surface area contributed by atoms with Gasteiger partial charge < -0.3 is 19.5 Å². The summed E-state index contributed by atoms with van der Waals surface area (Å²) >= 11 is 0. The molecule has 2 aromatic rings. The third kappa shape index (κ3) is 3.37. The van der Waals surface area contributed by atoms with E-state index in [2.05, 4.69) is 5.32 Å². The van der Waals surface area contributed by atoms with Crippen molar-refractivity contribution in [2.45, 2.75) is 25.5 Å². The summed E-state index contributed by atoms with van der Waals surface area (Å²) in [5.41, 5.74) is -0.0669. The fourth-order valence-corrected chi connectivity index (χ4v) is 3.32. The Balaban J connectivity index is 1.46. The lowest BCUT2D eigenvalue weighted by Crippen LogP contribution is -2.59. The number of hydrogen-bond donors (Lipinski definition) is 1. The second kappa shape index (κ2) is 7.12. The maximum absolute atomic E-state index is 12.9.